The molecule has 0 bridgehead atoms. The van der Waals surface area contributed by atoms with E-state index in [9.17, 15) is 0 Å². The fourth-order valence-corrected chi connectivity index (χ4v) is 5.47. The highest BCUT2D eigenvalue weighted by Gasteiger charge is 2.54. The number of fused-ring (bicyclic) bond motifs is 8. The lowest BCUT2D eigenvalue weighted by Gasteiger charge is -2.44. The summed E-state index contributed by atoms with van der Waals surface area (Å²) in [4.78, 5) is 19.2. The Morgan fingerprint density at radius 3 is 1.64 bits per heavy atom. The van der Waals surface area contributed by atoms with Crippen LogP contribution in [0.25, 0.3) is 0 Å². The van der Waals surface area contributed by atoms with Crippen LogP contribution in [0.2, 0.25) is 0 Å². The number of pyridine rings is 4. The highest BCUT2D eigenvalue weighted by atomic mass is 16.5. The molecular formula is C27H17BN4O. The van der Waals surface area contributed by atoms with Gasteiger partial charge in [-0.2, -0.15) is 0 Å². The standard InChI is InChI=1S/C27H17BN4O/c1-2-8-18(9-3-1)28-21-12-6-14-29-23(21)27(24-22(28)13-7-15-30-24)19-10-4-16-31-25(19)33-26-20(27)11-5-17-32-26/h1-17H. The zero-order valence-corrected chi connectivity index (χ0v) is 17.6. The highest BCUT2D eigenvalue weighted by molar-refractivity contribution is 6.96. The van der Waals surface area contributed by atoms with Crippen molar-refractivity contribution >= 4 is 23.1 Å². The lowest BCUT2D eigenvalue weighted by atomic mass is 9.32. The molecule has 7 rings (SSSR count). The fourth-order valence-electron chi connectivity index (χ4n) is 5.47. The third-order valence-corrected chi connectivity index (χ3v) is 6.69. The number of rotatable bonds is 1. The van der Waals surface area contributed by atoms with Crippen molar-refractivity contribution in [3.8, 4) is 11.8 Å². The van der Waals surface area contributed by atoms with Crippen molar-refractivity contribution < 1.29 is 4.74 Å². The Bertz CT molecular complexity index is 1430. The molecule has 0 fully saturated rings. The van der Waals surface area contributed by atoms with Gasteiger partial charge in [-0.05, 0) is 35.2 Å². The van der Waals surface area contributed by atoms with Crippen molar-refractivity contribution in [3.05, 3.63) is 126 Å². The molecule has 6 heterocycles. The molecule has 0 aliphatic carbocycles. The van der Waals surface area contributed by atoms with Crippen LogP contribution in [0.15, 0.2) is 104 Å². The number of ether oxygens (including phenoxy) is 1. The maximum absolute atomic E-state index is 6.17. The van der Waals surface area contributed by atoms with E-state index in [4.69, 9.17) is 14.7 Å². The molecule has 2 aliphatic rings. The molecule has 5 nitrogen and oxygen atoms in total. The van der Waals surface area contributed by atoms with E-state index in [1.165, 1.54) is 5.46 Å². The van der Waals surface area contributed by atoms with E-state index < -0.39 is 5.41 Å². The summed E-state index contributed by atoms with van der Waals surface area (Å²) >= 11 is 0. The van der Waals surface area contributed by atoms with Gasteiger partial charge < -0.3 is 4.74 Å². The summed E-state index contributed by atoms with van der Waals surface area (Å²) in [7, 11) is 0. The van der Waals surface area contributed by atoms with E-state index in [0.29, 0.717) is 11.8 Å². The Hall–Kier alpha value is -4.32. The molecule has 2 aliphatic heterocycles. The average molecular weight is 424 g/mol. The number of hydrogen-bond donors (Lipinski definition) is 0. The fraction of sp³-hybridized carbons (Fsp3) is 0.0370. The first-order valence-electron chi connectivity index (χ1n) is 10.9. The van der Waals surface area contributed by atoms with Crippen molar-refractivity contribution in [1.29, 1.82) is 0 Å². The van der Waals surface area contributed by atoms with E-state index in [0.717, 1.165) is 33.4 Å². The van der Waals surface area contributed by atoms with Crippen molar-refractivity contribution in [2.75, 3.05) is 0 Å². The van der Waals surface area contributed by atoms with Crippen LogP contribution in [-0.4, -0.2) is 26.6 Å². The lowest BCUT2D eigenvalue weighted by molar-refractivity contribution is 0.397. The van der Waals surface area contributed by atoms with Gasteiger partial charge in [0.1, 0.15) is 5.41 Å². The number of aromatic nitrogens is 4. The van der Waals surface area contributed by atoms with Crippen molar-refractivity contribution in [2.45, 2.75) is 5.41 Å². The Kier molecular flexibility index (Phi) is 3.79. The van der Waals surface area contributed by atoms with Crippen LogP contribution in [0.1, 0.15) is 22.5 Å². The van der Waals surface area contributed by atoms with Crippen molar-refractivity contribution in [1.82, 2.24) is 19.9 Å². The average Bonchev–Trinajstić information content (AvgIpc) is 2.89. The maximum atomic E-state index is 6.17. The first-order valence-corrected chi connectivity index (χ1v) is 10.9. The number of hydrogen-bond acceptors (Lipinski definition) is 5. The molecule has 33 heavy (non-hydrogen) atoms. The quantitative estimate of drug-likeness (QED) is 0.379. The van der Waals surface area contributed by atoms with Crippen molar-refractivity contribution in [2.24, 2.45) is 0 Å². The summed E-state index contributed by atoms with van der Waals surface area (Å²) in [6, 6.07) is 27.0. The summed E-state index contributed by atoms with van der Waals surface area (Å²) in [6.45, 7) is 0.0207. The molecular weight excluding hydrogens is 407 g/mol. The zero-order chi connectivity index (χ0) is 21.8. The second kappa shape index (κ2) is 6.84. The van der Waals surface area contributed by atoms with Gasteiger partial charge >= 0.3 is 0 Å². The van der Waals surface area contributed by atoms with Gasteiger partial charge in [-0.15, -0.1) is 0 Å². The summed E-state index contributed by atoms with van der Waals surface area (Å²) in [6.07, 6.45) is 7.21. The molecule has 0 radical (unpaired) electrons. The second-order valence-electron chi connectivity index (χ2n) is 8.29. The molecule has 0 saturated heterocycles. The van der Waals surface area contributed by atoms with Crippen LogP contribution in [0, 0.1) is 0 Å². The number of nitrogens with zero attached hydrogens (tertiary/aromatic N) is 4. The third-order valence-electron chi connectivity index (χ3n) is 6.69. The Balaban J connectivity index is 1.67. The van der Waals surface area contributed by atoms with E-state index in [-0.39, 0.29) is 6.71 Å². The maximum Gasteiger partial charge on any atom is 0.246 e. The second-order valence-corrected chi connectivity index (χ2v) is 8.29. The van der Waals surface area contributed by atoms with Gasteiger partial charge in [0, 0.05) is 35.9 Å². The first-order chi connectivity index (χ1) is 16.4. The summed E-state index contributed by atoms with van der Waals surface area (Å²) in [5, 5.41) is 0. The number of benzene rings is 1. The van der Waals surface area contributed by atoms with Crippen molar-refractivity contribution in [3.63, 3.8) is 0 Å². The molecule has 154 valence electrons. The first kappa shape index (κ1) is 18.3. The van der Waals surface area contributed by atoms with Crippen LogP contribution >= 0.6 is 0 Å². The third kappa shape index (κ3) is 2.38. The van der Waals surface area contributed by atoms with E-state index >= 15 is 0 Å². The SMILES string of the molecule is c1ccc(B2c3cccnc3C3(c4cccnc4Oc4ncccc43)c3ncccc32)cc1. The monoisotopic (exact) mass is 424 g/mol. The topological polar surface area (TPSA) is 60.8 Å². The summed E-state index contributed by atoms with van der Waals surface area (Å²) in [5.74, 6) is 1.07. The summed E-state index contributed by atoms with van der Waals surface area (Å²) < 4.78 is 6.17. The molecule has 1 spiro atoms. The van der Waals surface area contributed by atoms with Crippen LogP contribution in [0.3, 0.4) is 0 Å². The molecule has 5 aromatic rings. The normalized spacial score (nSPS) is 14.5. The van der Waals surface area contributed by atoms with Gasteiger partial charge in [0.15, 0.2) is 0 Å². The minimum atomic E-state index is -0.774. The van der Waals surface area contributed by atoms with Crippen LogP contribution in [-0.2, 0) is 5.41 Å². The molecule has 1 aromatic carbocycles. The molecule has 6 heteroatoms. The van der Waals surface area contributed by atoms with E-state index in [1.807, 2.05) is 42.7 Å². The molecule has 0 amide bonds. The van der Waals surface area contributed by atoms with Gasteiger partial charge in [0.25, 0.3) is 0 Å². The van der Waals surface area contributed by atoms with Gasteiger partial charge in [0.05, 0.1) is 11.4 Å². The molecule has 0 atom stereocenters. The predicted octanol–water partition coefficient (Wildman–Crippen LogP) is 2.58. The smallest absolute Gasteiger partial charge is 0.246 e. The zero-order valence-electron chi connectivity index (χ0n) is 17.6. The Labute approximate surface area is 191 Å². The minimum Gasteiger partial charge on any atom is -0.420 e. The lowest BCUT2D eigenvalue weighted by Crippen LogP contribution is -2.63. The van der Waals surface area contributed by atoms with Gasteiger partial charge in [-0.25, -0.2) is 9.97 Å². The van der Waals surface area contributed by atoms with Gasteiger partial charge in [-0.1, -0.05) is 60.1 Å². The van der Waals surface area contributed by atoms with Gasteiger partial charge in [0.2, 0.25) is 18.5 Å². The molecule has 0 N–H and O–H groups in total. The summed E-state index contributed by atoms with van der Waals surface area (Å²) in [5.41, 5.74) is 6.47. The molecule has 4 aromatic heterocycles. The van der Waals surface area contributed by atoms with Crippen LogP contribution < -0.4 is 21.1 Å². The Morgan fingerprint density at radius 2 is 1.06 bits per heavy atom. The van der Waals surface area contributed by atoms with E-state index in [2.05, 4.69) is 58.5 Å². The molecule has 0 unspecified atom stereocenters. The largest absolute Gasteiger partial charge is 0.420 e. The highest BCUT2D eigenvalue weighted by Crippen LogP contribution is 2.52. The van der Waals surface area contributed by atoms with Gasteiger partial charge in [-0.3, -0.25) is 9.97 Å². The Morgan fingerprint density at radius 1 is 0.545 bits per heavy atom. The van der Waals surface area contributed by atoms with E-state index in [1.54, 1.807) is 12.4 Å². The molecule has 0 saturated carbocycles. The van der Waals surface area contributed by atoms with Crippen LogP contribution in [0.5, 0.6) is 11.8 Å². The minimum absolute atomic E-state index is 0.0207. The van der Waals surface area contributed by atoms with Crippen LogP contribution in [0.4, 0.5) is 0 Å². The predicted molar refractivity (Wildman–Crippen MR) is 127 cm³/mol.